The van der Waals surface area contributed by atoms with Crippen molar-refractivity contribution in [1.29, 1.82) is 0 Å². The van der Waals surface area contributed by atoms with Crippen LogP contribution in [0, 0.1) is 0 Å². The average molecular weight is 373 g/mol. The first kappa shape index (κ1) is 27.6. The zero-order chi connectivity index (χ0) is 19.7. The van der Waals surface area contributed by atoms with Crippen LogP contribution >= 0.6 is 0 Å². The fraction of sp³-hybridized carbons (Fsp3) is 0.955. The predicted octanol–water partition coefficient (Wildman–Crippen LogP) is 6.02. The lowest BCUT2D eigenvalue weighted by atomic mass is 10.0. The Morgan fingerprint density at radius 3 is 1.19 bits per heavy atom. The van der Waals surface area contributed by atoms with Gasteiger partial charge in [0.05, 0.1) is 0 Å². The lowest BCUT2D eigenvalue weighted by Crippen LogP contribution is -1.99. The van der Waals surface area contributed by atoms with Gasteiger partial charge in [0, 0.05) is 6.42 Å². The average Bonchev–Trinajstić information content (AvgIpc) is 2.63. The number of unbranched alkanes of at least 4 members (excludes halogenated alkanes) is 15. The monoisotopic (exact) mass is 372 g/mol. The summed E-state index contributed by atoms with van der Waals surface area (Å²) in [6.45, 7) is 3.82. The largest absolute Gasteiger partial charge is 0.481 e. The van der Waals surface area contributed by atoms with E-state index in [1.54, 1.807) is 0 Å². The number of carbonyl (C=O) groups is 1. The molecule has 0 radical (unpaired) electrons. The fourth-order valence-corrected chi connectivity index (χ4v) is 2.94. The molecule has 0 aromatic heterocycles. The first-order valence-electron chi connectivity index (χ1n) is 11.3. The summed E-state index contributed by atoms with van der Waals surface area (Å²) in [4.78, 5) is 9.93. The van der Waals surface area contributed by atoms with Gasteiger partial charge in [-0.15, -0.1) is 0 Å². The van der Waals surface area contributed by atoms with Crippen LogP contribution in [-0.4, -0.2) is 24.2 Å². The molecule has 0 atom stereocenters. The molecular weight excluding hydrogens is 324 g/mol. The number of carboxylic acids is 1. The lowest BCUT2D eigenvalue weighted by molar-refractivity contribution is -0.137. The van der Waals surface area contributed by atoms with Crippen LogP contribution in [0.2, 0.25) is 0 Å². The summed E-state index contributed by atoms with van der Waals surface area (Å²) in [7, 11) is 0. The zero-order valence-corrected chi connectivity index (χ0v) is 17.7. The lowest BCUT2D eigenvalue weighted by Gasteiger charge is -2.02. The first-order valence-corrected chi connectivity index (χ1v) is 11.3. The number of nitrogens with two attached hydrogens (primary N) is 2. The van der Waals surface area contributed by atoms with Crippen LogP contribution < -0.4 is 11.5 Å². The van der Waals surface area contributed by atoms with E-state index < -0.39 is 5.97 Å². The van der Waals surface area contributed by atoms with E-state index in [0.717, 1.165) is 25.8 Å². The summed E-state index contributed by atoms with van der Waals surface area (Å²) in [6.07, 6.45) is 22.8. The van der Waals surface area contributed by atoms with Crippen molar-refractivity contribution in [3.8, 4) is 0 Å². The third kappa shape index (κ3) is 31.2. The molecule has 0 aliphatic carbocycles. The second-order valence-corrected chi connectivity index (χ2v) is 7.38. The number of hydrogen-bond donors (Lipinski definition) is 3. The standard InChI is InChI=1S/C16H35N.C6H13NO2/c1-2-3-4-5-6-7-8-9-10-11-12-13-14-15-16-17;7-5-3-1-2-4-6(8)9/h2-17H2,1H3;1-5,7H2,(H,8,9). The molecule has 0 aliphatic heterocycles. The molecule has 0 aromatic carbocycles. The summed E-state index contributed by atoms with van der Waals surface area (Å²) in [6, 6.07) is 0. The normalized spacial score (nSPS) is 10.4. The summed E-state index contributed by atoms with van der Waals surface area (Å²) < 4.78 is 0. The first-order chi connectivity index (χ1) is 12.7. The molecule has 4 heteroatoms. The topological polar surface area (TPSA) is 89.3 Å². The van der Waals surface area contributed by atoms with E-state index in [0.29, 0.717) is 6.54 Å². The molecule has 158 valence electrons. The van der Waals surface area contributed by atoms with Gasteiger partial charge in [-0.1, -0.05) is 96.8 Å². The van der Waals surface area contributed by atoms with Gasteiger partial charge in [-0.3, -0.25) is 4.79 Å². The second kappa shape index (κ2) is 26.6. The van der Waals surface area contributed by atoms with Gasteiger partial charge in [0.1, 0.15) is 0 Å². The Morgan fingerprint density at radius 1 is 0.577 bits per heavy atom. The van der Waals surface area contributed by atoms with Gasteiger partial charge in [-0.25, -0.2) is 0 Å². The van der Waals surface area contributed by atoms with Crippen LogP contribution in [0.25, 0.3) is 0 Å². The highest BCUT2D eigenvalue weighted by molar-refractivity contribution is 5.66. The highest BCUT2D eigenvalue weighted by atomic mass is 16.4. The maximum atomic E-state index is 9.93. The smallest absolute Gasteiger partial charge is 0.303 e. The minimum Gasteiger partial charge on any atom is -0.481 e. The van der Waals surface area contributed by atoms with Gasteiger partial charge in [0.2, 0.25) is 0 Å². The highest BCUT2D eigenvalue weighted by Crippen LogP contribution is 2.12. The third-order valence-corrected chi connectivity index (χ3v) is 4.65. The number of rotatable bonds is 19. The van der Waals surface area contributed by atoms with Gasteiger partial charge in [-0.2, -0.15) is 0 Å². The molecule has 0 heterocycles. The quantitative estimate of drug-likeness (QED) is 0.242. The molecule has 0 aromatic rings. The molecular formula is C22H48N2O2. The van der Waals surface area contributed by atoms with Crippen molar-refractivity contribution in [1.82, 2.24) is 0 Å². The van der Waals surface area contributed by atoms with Gasteiger partial charge in [-0.05, 0) is 32.4 Å². The van der Waals surface area contributed by atoms with Crippen molar-refractivity contribution < 1.29 is 9.90 Å². The maximum absolute atomic E-state index is 9.93. The molecule has 0 aliphatic rings. The van der Waals surface area contributed by atoms with Crippen LogP contribution in [0.5, 0.6) is 0 Å². The van der Waals surface area contributed by atoms with Gasteiger partial charge < -0.3 is 16.6 Å². The molecule has 0 unspecified atom stereocenters. The van der Waals surface area contributed by atoms with E-state index in [1.807, 2.05) is 0 Å². The Kier molecular flexibility index (Phi) is 28.3. The molecule has 0 bridgehead atoms. The van der Waals surface area contributed by atoms with E-state index in [4.69, 9.17) is 16.6 Å². The van der Waals surface area contributed by atoms with Crippen LogP contribution in [0.15, 0.2) is 0 Å². The van der Waals surface area contributed by atoms with Gasteiger partial charge in [0.25, 0.3) is 0 Å². The zero-order valence-electron chi connectivity index (χ0n) is 17.7. The van der Waals surface area contributed by atoms with Crippen molar-refractivity contribution >= 4 is 5.97 Å². The van der Waals surface area contributed by atoms with Gasteiger partial charge in [0.15, 0.2) is 0 Å². The minimum atomic E-state index is -0.716. The molecule has 0 amide bonds. The Balaban J connectivity index is 0. The molecule has 0 rings (SSSR count). The van der Waals surface area contributed by atoms with Crippen molar-refractivity contribution in [2.24, 2.45) is 11.5 Å². The molecule has 0 fully saturated rings. The van der Waals surface area contributed by atoms with Crippen molar-refractivity contribution in [2.45, 2.75) is 122 Å². The Labute approximate surface area is 163 Å². The van der Waals surface area contributed by atoms with E-state index in [1.165, 1.54) is 89.9 Å². The third-order valence-electron chi connectivity index (χ3n) is 4.65. The molecule has 4 nitrogen and oxygen atoms in total. The van der Waals surface area contributed by atoms with Crippen LogP contribution in [0.1, 0.15) is 122 Å². The summed E-state index contributed by atoms with van der Waals surface area (Å²) in [5.41, 5.74) is 10.7. The van der Waals surface area contributed by atoms with Crippen molar-refractivity contribution in [3.05, 3.63) is 0 Å². The van der Waals surface area contributed by atoms with E-state index in [2.05, 4.69) is 6.92 Å². The van der Waals surface area contributed by atoms with Crippen LogP contribution in [0.3, 0.4) is 0 Å². The maximum Gasteiger partial charge on any atom is 0.303 e. The second-order valence-electron chi connectivity index (χ2n) is 7.38. The number of aliphatic carboxylic acids is 1. The van der Waals surface area contributed by atoms with Crippen LogP contribution in [0.4, 0.5) is 0 Å². The predicted molar refractivity (Wildman–Crippen MR) is 115 cm³/mol. The SMILES string of the molecule is CCCCCCCCCCCCCCCCN.NCCCCCC(=O)O. The Bertz CT molecular complexity index is 247. The molecule has 26 heavy (non-hydrogen) atoms. The number of hydrogen-bond acceptors (Lipinski definition) is 3. The Morgan fingerprint density at radius 2 is 0.885 bits per heavy atom. The Hall–Kier alpha value is -0.610. The van der Waals surface area contributed by atoms with Crippen LogP contribution in [-0.2, 0) is 4.79 Å². The van der Waals surface area contributed by atoms with Gasteiger partial charge >= 0.3 is 5.97 Å². The van der Waals surface area contributed by atoms with E-state index in [9.17, 15) is 4.79 Å². The molecule has 0 saturated carbocycles. The van der Waals surface area contributed by atoms with E-state index >= 15 is 0 Å². The summed E-state index contributed by atoms with van der Waals surface area (Å²) >= 11 is 0. The fourth-order valence-electron chi connectivity index (χ4n) is 2.94. The molecule has 0 saturated heterocycles. The molecule has 5 N–H and O–H groups in total. The number of carboxylic acid groups (broad SMARTS) is 1. The van der Waals surface area contributed by atoms with Crippen molar-refractivity contribution in [3.63, 3.8) is 0 Å². The molecule has 0 spiro atoms. The summed E-state index contributed by atoms with van der Waals surface area (Å²) in [5.74, 6) is -0.716. The summed E-state index contributed by atoms with van der Waals surface area (Å²) in [5, 5.41) is 8.18. The minimum absolute atomic E-state index is 0.278. The van der Waals surface area contributed by atoms with E-state index in [-0.39, 0.29) is 6.42 Å². The van der Waals surface area contributed by atoms with Crippen molar-refractivity contribution in [2.75, 3.05) is 13.1 Å². The highest BCUT2D eigenvalue weighted by Gasteiger charge is 1.94.